The number of benzene rings is 1. The van der Waals surface area contributed by atoms with Crippen molar-refractivity contribution in [1.82, 2.24) is 0 Å². The minimum absolute atomic E-state index is 0.0476. The summed E-state index contributed by atoms with van der Waals surface area (Å²) in [5.41, 5.74) is 2.62. The maximum atomic E-state index is 12.4. The SMILES string of the molecule is COc1ccc2c(c1)C[C@]13CCC(=O)C=C1CC[C@@H]1C3CC[C@@]3(C)[C@H]1CC[C@]3(O)C#C2. The largest absolute Gasteiger partial charge is 0.497 e. The van der Waals surface area contributed by atoms with Gasteiger partial charge in [0.1, 0.15) is 11.4 Å². The molecular formula is C28H32O3. The van der Waals surface area contributed by atoms with Crippen LogP contribution < -0.4 is 4.74 Å². The maximum Gasteiger partial charge on any atom is 0.155 e. The van der Waals surface area contributed by atoms with Crippen LogP contribution in [0.15, 0.2) is 29.8 Å². The highest BCUT2D eigenvalue weighted by atomic mass is 16.5. The monoisotopic (exact) mass is 416 g/mol. The molecule has 0 aromatic heterocycles. The molecule has 162 valence electrons. The van der Waals surface area contributed by atoms with Crippen molar-refractivity contribution >= 4 is 5.78 Å². The lowest BCUT2D eigenvalue weighted by atomic mass is 9.45. The number of carbonyl (C=O) groups is 1. The van der Waals surface area contributed by atoms with Crippen molar-refractivity contribution in [1.29, 1.82) is 0 Å². The first kappa shape index (κ1) is 19.6. The van der Waals surface area contributed by atoms with Gasteiger partial charge in [0, 0.05) is 17.4 Å². The smallest absolute Gasteiger partial charge is 0.155 e. The van der Waals surface area contributed by atoms with Crippen LogP contribution in [0, 0.1) is 40.4 Å². The molecule has 6 aliphatic rings. The molecule has 31 heavy (non-hydrogen) atoms. The van der Waals surface area contributed by atoms with E-state index in [0.717, 1.165) is 62.7 Å². The average molecular weight is 417 g/mol. The van der Waals surface area contributed by atoms with E-state index in [0.29, 0.717) is 30.0 Å². The van der Waals surface area contributed by atoms with Crippen LogP contribution >= 0.6 is 0 Å². The molecule has 6 atom stereocenters. The van der Waals surface area contributed by atoms with Crippen LogP contribution in [0.3, 0.4) is 0 Å². The number of hydrogen-bond donors (Lipinski definition) is 1. The average Bonchev–Trinajstić information content (AvgIpc) is 3.03. The number of methoxy groups -OCH3 is 1. The van der Waals surface area contributed by atoms with Crippen molar-refractivity contribution in [2.45, 2.75) is 70.3 Å². The molecule has 3 nitrogen and oxygen atoms in total. The number of ether oxygens (including phenoxy) is 1. The molecule has 7 rings (SSSR count). The lowest BCUT2D eigenvalue weighted by Crippen LogP contribution is -2.55. The Morgan fingerprint density at radius 3 is 2.77 bits per heavy atom. The number of ketones is 1. The minimum Gasteiger partial charge on any atom is -0.497 e. The number of allylic oxidation sites excluding steroid dienone is 1. The van der Waals surface area contributed by atoms with Crippen molar-refractivity contribution in [3.05, 3.63) is 41.0 Å². The molecular weight excluding hydrogens is 384 g/mol. The first-order valence-electron chi connectivity index (χ1n) is 12.0. The summed E-state index contributed by atoms with van der Waals surface area (Å²) in [6.45, 7) is 2.31. The predicted octanol–water partition coefficient (Wildman–Crippen LogP) is 4.85. The molecule has 3 fully saturated rings. The van der Waals surface area contributed by atoms with E-state index < -0.39 is 5.60 Å². The maximum absolute atomic E-state index is 12.4. The van der Waals surface area contributed by atoms with E-state index in [1.165, 1.54) is 11.1 Å². The highest BCUT2D eigenvalue weighted by molar-refractivity contribution is 5.91. The first-order valence-corrected chi connectivity index (χ1v) is 12.0. The molecule has 3 heteroatoms. The Morgan fingerprint density at radius 1 is 1.10 bits per heavy atom. The Labute approximate surface area is 185 Å². The molecule has 1 N–H and O–H groups in total. The predicted molar refractivity (Wildman–Crippen MR) is 120 cm³/mol. The highest BCUT2D eigenvalue weighted by Crippen LogP contribution is 2.68. The molecule has 3 saturated carbocycles. The van der Waals surface area contributed by atoms with Gasteiger partial charge in [0.15, 0.2) is 5.78 Å². The van der Waals surface area contributed by atoms with Crippen molar-refractivity contribution in [3.63, 3.8) is 0 Å². The van der Waals surface area contributed by atoms with Gasteiger partial charge in [0.2, 0.25) is 0 Å². The molecule has 1 unspecified atom stereocenters. The van der Waals surface area contributed by atoms with E-state index in [1.54, 1.807) is 7.11 Å². The molecule has 0 aliphatic heterocycles. The van der Waals surface area contributed by atoms with Crippen LogP contribution in [0.4, 0.5) is 0 Å². The van der Waals surface area contributed by atoms with E-state index in [-0.39, 0.29) is 10.8 Å². The van der Waals surface area contributed by atoms with Gasteiger partial charge in [0.25, 0.3) is 0 Å². The van der Waals surface area contributed by atoms with Crippen LogP contribution in [0.5, 0.6) is 5.75 Å². The number of aliphatic hydroxyl groups is 1. The Morgan fingerprint density at radius 2 is 1.94 bits per heavy atom. The third-order valence-electron chi connectivity index (χ3n) is 10.1. The van der Waals surface area contributed by atoms with E-state index in [9.17, 15) is 9.90 Å². The Balaban J connectivity index is 1.61. The molecule has 1 aromatic rings. The van der Waals surface area contributed by atoms with Gasteiger partial charge in [-0.25, -0.2) is 0 Å². The summed E-state index contributed by atoms with van der Waals surface area (Å²) in [7, 11) is 1.71. The molecule has 1 aromatic carbocycles. The molecule has 6 aliphatic carbocycles. The van der Waals surface area contributed by atoms with Crippen LogP contribution in [-0.2, 0) is 11.2 Å². The summed E-state index contributed by atoms with van der Waals surface area (Å²) in [6.07, 6.45) is 10.7. The van der Waals surface area contributed by atoms with Gasteiger partial charge >= 0.3 is 0 Å². The second-order valence-electron chi connectivity index (χ2n) is 11.0. The van der Waals surface area contributed by atoms with Gasteiger partial charge in [-0.2, -0.15) is 0 Å². The fourth-order valence-electron chi connectivity index (χ4n) is 8.39. The van der Waals surface area contributed by atoms with Crippen molar-refractivity contribution in [2.75, 3.05) is 7.11 Å². The summed E-state index contributed by atoms with van der Waals surface area (Å²) >= 11 is 0. The molecule has 1 spiro atoms. The number of rotatable bonds is 1. The third-order valence-corrected chi connectivity index (χ3v) is 10.1. The Hall–Kier alpha value is -2.05. The van der Waals surface area contributed by atoms with Gasteiger partial charge in [-0.1, -0.05) is 24.3 Å². The fraction of sp³-hybridized carbons (Fsp3) is 0.607. The van der Waals surface area contributed by atoms with Crippen LogP contribution in [0.2, 0.25) is 0 Å². The normalized spacial score (nSPS) is 42.5. The van der Waals surface area contributed by atoms with Gasteiger partial charge in [-0.3, -0.25) is 4.79 Å². The summed E-state index contributed by atoms with van der Waals surface area (Å²) in [5.74, 6) is 9.70. The second-order valence-corrected chi connectivity index (χ2v) is 11.0. The number of carbonyl (C=O) groups excluding carboxylic acids is 1. The van der Waals surface area contributed by atoms with E-state index in [4.69, 9.17) is 4.74 Å². The quantitative estimate of drug-likeness (QED) is 0.666. The van der Waals surface area contributed by atoms with Gasteiger partial charge in [-0.05, 0) is 104 Å². The van der Waals surface area contributed by atoms with Gasteiger partial charge in [0.05, 0.1) is 7.11 Å². The zero-order chi connectivity index (χ0) is 21.4. The van der Waals surface area contributed by atoms with E-state index in [1.807, 2.05) is 12.1 Å². The van der Waals surface area contributed by atoms with Crippen molar-refractivity contribution in [2.24, 2.45) is 28.6 Å². The minimum atomic E-state index is -0.907. The zero-order valence-electron chi connectivity index (χ0n) is 18.7. The Bertz CT molecular complexity index is 1060. The number of hydrogen-bond acceptors (Lipinski definition) is 3. The lowest BCUT2D eigenvalue weighted by Gasteiger charge is -2.59. The molecule has 0 saturated heterocycles. The summed E-state index contributed by atoms with van der Waals surface area (Å²) in [5, 5.41) is 11.8. The summed E-state index contributed by atoms with van der Waals surface area (Å²) in [6, 6.07) is 6.19. The second kappa shape index (κ2) is 6.48. The van der Waals surface area contributed by atoms with Crippen LogP contribution in [0.25, 0.3) is 0 Å². The first-order chi connectivity index (χ1) is 14.9. The molecule has 0 amide bonds. The van der Waals surface area contributed by atoms with Crippen LogP contribution in [0.1, 0.15) is 69.4 Å². The van der Waals surface area contributed by atoms with Crippen molar-refractivity contribution < 1.29 is 14.6 Å². The topological polar surface area (TPSA) is 46.5 Å². The molecule has 0 radical (unpaired) electrons. The lowest BCUT2D eigenvalue weighted by molar-refractivity contribution is -0.120. The molecule has 6 bridgehead atoms. The number of fused-ring (bicyclic) bond motifs is 1. The van der Waals surface area contributed by atoms with E-state index in [2.05, 4.69) is 30.9 Å². The summed E-state index contributed by atoms with van der Waals surface area (Å²) < 4.78 is 5.57. The molecule has 0 heterocycles. The van der Waals surface area contributed by atoms with Gasteiger partial charge < -0.3 is 9.84 Å². The Kier molecular flexibility index (Phi) is 4.10. The van der Waals surface area contributed by atoms with Crippen LogP contribution in [-0.4, -0.2) is 23.6 Å². The summed E-state index contributed by atoms with van der Waals surface area (Å²) in [4.78, 5) is 12.4. The van der Waals surface area contributed by atoms with Gasteiger partial charge in [-0.15, -0.1) is 0 Å². The standard InChI is InChI=1S/C28H32O3/c1-26-11-9-25-23-6-4-20-16-21(29)8-12-27(20,25)17-19-15-22(31-2)5-3-18(19)7-13-28(26,30)14-10-24(23)26/h3,5,15-16,23-25,30H,4,6,8-12,14,17H2,1-2H3/t23-,24-,25?,26-,27+,28+/m0/s1. The van der Waals surface area contributed by atoms with E-state index >= 15 is 0 Å². The highest BCUT2D eigenvalue weighted by Gasteiger charge is 2.64. The third kappa shape index (κ3) is 2.55. The zero-order valence-corrected chi connectivity index (χ0v) is 18.7. The van der Waals surface area contributed by atoms with Crippen molar-refractivity contribution in [3.8, 4) is 17.6 Å². The fourth-order valence-corrected chi connectivity index (χ4v) is 8.39.